The number of Topliss-reactive ketones (excluding diaryl/α,β-unsaturated/α-hetero) is 1. The molecule has 2 aromatic rings. The molecule has 0 radical (unpaired) electrons. The van der Waals surface area contributed by atoms with Crippen molar-refractivity contribution in [3.8, 4) is 0 Å². The first-order chi connectivity index (χ1) is 24.2. The molecule has 3 rings (SSSR count). The molecule has 0 bridgehead atoms. The van der Waals surface area contributed by atoms with Gasteiger partial charge in [-0.05, 0) is 61.5 Å². The Morgan fingerprint density at radius 2 is 1.10 bits per heavy atom. The predicted molar refractivity (Wildman–Crippen MR) is 221 cm³/mol. The number of anilines is 3. The number of carbonyl (C=O) groups is 1. The SMILES string of the molecule is CC1=C(O)C(Nc2ccc(N(CCC[N+](C)(C)C)CCC[N+](C)(C)C)cc2)=CC(=Nc2ccc(N(CCC[NH+](C)C)CCC[N+](C)(C)C)cc2)C1=O. The van der Waals surface area contributed by atoms with Crippen LogP contribution in [-0.2, 0) is 4.79 Å². The Bertz CT molecular complexity index is 1500. The minimum Gasteiger partial charge on any atom is -0.505 e. The normalized spacial score (nSPS) is 15.1. The minimum absolute atomic E-state index is 0.0466. The van der Waals surface area contributed by atoms with E-state index in [1.54, 1.807) is 13.0 Å². The smallest absolute Gasteiger partial charge is 0.210 e. The van der Waals surface area contributed by atoms with E-state index in [0.29, 0.717) is 17.1 Å². The molecule has 10 nitrogen and oxygen atoms in total. The van der Waals surface area contributed by atoms with Gasteiger partial charge in [0.25, 0.3) is 0 Å². The van der Waals surface area contributed by atoms with Crippen LogP contribution in [0.2, 0.25) is 0 Å². The lowest BCUT2D eigenvalue weighted by Gasteiger charge is -2.30. The summed E-state index contributed by atoms with van der Waals surface area (Å²) in [5, 5.41) is 14.4. The van der Waals surface area contributed by atoms with E-state index in [1.807, 2.05) is 24.3 Å². The fourth-order valence-electron chi connectivity index (χ4n) is 6.31. The van der Waals surface area contributed by atoms with Crippen molar-refractivity contribution in [1.29, 1.82) is 0 Å². The van der Waals surface area contributed by atoms with Gasteiger partial charge in [0.2, 0.25) is 5.78 Å². The predicted octanol–water partition coefficient (Wildman–Crippen LogP) is 4.61. The van der Waals surface area contributed by atoms with Gasteiger partial charge in [0, 0.05) is 74.5 Å². The van der Waals surface area contributed by atoms with Crippen molar-refractivity contribution >= 4 is 34.2 Å². The first-order valence-electron chi connectivity index (χ1n) is 19.1. The van der Waals surface area contributed by atoms with Gasteiger partial charge in [-0.3, -0.25) is 4.79 Å². The van der Waals surface area contributed by atoms with Crippen LogP contribution in [0.3, 0.4) is 0 Å². The van der Waals surface area contributed by atoms with Crippen LogP contribution < -0.4 is 20.0 Å². The van der Waals surface area contributed by atoms with Gasteiger partial charge in [0.05, 0.1) is 115 Å². The highest BCUT2D eigenvalue weighted by molar-refractivity contribution is 6.51. The molecule has 52 heavy (non-hydrogen) atoms. The highest BCUT2D eigenvalue weighted by atomic mass is 16.3. The van der Waals surface area contributed by atoms with Gasteiger partial charge in [-0.25, -0.2) is 4.99 Å². The van der Waals surface area contributed by atoms with Crippen molar-refractivity contribution in [1.82, 2.24) is 0 Å². The number of quaternary nitrogens is 4. The van der Waals surface area contributed by atoms with Crippen LogP contribution in [0.15, 0.2) is 76.6 Å². The lowest BCUT2D eigenvalue weighted by molar-refractivity contribution is -0.870. The van der Waals surface area contributed by atoms with Crippen molar-refractivity contribution in [2.24, 2.45) is 4.99 Å². The van der Waals surface area contributed by atoms with E-state index >= 15 is 0 Å². The van der Waals surface area contributed by atoms with E-state index in [4.69, 9.17) is 4.99 Å². The molecule has 288 valence electrons. The molecular formula is C42H72N8O2+4. The van der Waals surface area contributed by atoms with Crippen LogP contribution in [-0.4, -0.2) is 160 Å². The number of aliphatic imine (C=N–C) groups is 1. The Labute approximate surface area is 316 Å². The number of aliphatic hydroxyl groups excluding tert-OH is 1. The Hall–Kier alpha value is -3.70. The molecular weight excluding hydrogens is 649 g/mol. The summed E-state index contributed by atoms with van der Waals surface area (Å²) in [5.74, 6) is -0.316. The van der Waals surface area contributed by atoms with E-state index in [9.17, 15) is 9.90 Å². The number of nitrogens with zero attached hydrogens (tertiary/aromatic N) is 6. The Balaban J connectivity index is 1.77. The van der Waals surface area contributed by atoms with Crippen LogP contribution in [0.4, 0.5) is 22.7 Å². The highest BCUT2D eigenvalue weighted by Gasteiger charge is 2.25. The molecule has 0 spiro atoms. The number of hydrogen-bond donors (Lipinski definition) is 3. The first kappa shape index (κ1) is 42.7. The quantitative estimate of drug-likeness (QED) is 0.130. The van der Waals surface area contributed by atoms with Gasteiger partial charge in [-0.15, -0.1) is 0 Å². The molecule has 0 fully saturated rings. The highest BCUT2D eigenvalue weighted by Crippen LogP contribution is 2.27. The maximum absolute atomic E-state index is 13.3. The molecule has 0 amide bonds. The summed E-state index contributed by atoms with van der Waals surface area (Å²) in [4.78, 5) is 24.4. The second-order valence-electron chi connectivity index (χ2n) is 17.9. The third-order valence-corrected chi connectivity index (χ3v) is 9.32. The second-order valence-corrected chi connectivity index (χ2v) is 17.9. The minimum atomic E-state index is -0.269. The van der Waals surface area contributed by atoms with Crippen LogP contribution >= 0.6 is 0 Å². The number of rotatable bonds is 21. The van der Waals surface area contributed by atoms with Crippen molar-refractivity contribution < 1.29 is 28.3 Å². The van der Waals surface area contributed by atoms with Crippen molar-refractivity contribution in [3.05, 3.63) is 71.6 Å². The third-order valence-electron chi connectivity index (χ3n) is 9.32. The van der Waals surface area contributed by atoms with Crippen molar-refractivity contribution in [3.63, 3.8) is 0 Å². The molecule has 2 aromatic carbocycles. The topological polar surface area (TPSA) is 72.6 Å². The zero-order valence-corrected chi connectivity index (χ0v) is 34.7. The molecule has 0 aliphatic heterocycles. The van der Waals surface area contributed by atoms with Gasteiger partial charge in [-0.1, -0.05) is 0 Å². The molecule has 0 aromatic heterocycles. The Morgan fingerprint density at radius 3 is 1.52 bits per heavy atom. The van der Waals surface area contributed by atoms with Crippen molar-refractivity contribution in [2.75, 3.05) is 145 Å². The van der Waals surface area contributed by atoms with E-state index in [-0.39, 0.29) is 17.1 Å². The number of benzene rings is 2. The summed E-state index contributed by atoms with van der Waals surface area (Å²) in [7, 11) is 24.6. The number of carbonyl (C=O) groups excluding carboxylic acids is 1. The average Bonchev–Trinajstić information content (AvgIpc) is 3.03. The van der Waals surface area contributed by atoms with Crippen LogP contribution in [0.5, 0.6) is 0 Å². The molecule has 1 aliphatic carbocycles. The van der Waals surface area contributed by atoms with E-state index < -0.39 is 0 Å². The van der Waals surface area contributed by atoms with Crippen molar-refractivity contribution in [2.45, 2.75) is 32.6 Å². The summed E-state index contributed by atoms with van der Waals surface area (Å²) >= 11 is 0. The fourth-order valence-corrected chi connectivity index (χ4v) is 6.31. The molecule has 0 saturated carbocycles. The number of allylic oxidation sites excluding steroid dienone is 2. The number of hydrogen-bond acceptors (Lipinski definition) is 6. The molecule has 0 heterocycles. The van der Waals surface area contributed by atoms with E-state index in [1.165, 1.54) is 16.3 Å². The summed E-state index contributed by atoms with van der Waals surface area (Å²) in [6, 6.07) is 16.6. The third kappa shape index (κ3) is 15.1. The van der Waals surface area contributed by atoms with Gasteiger partial charge in [0.15, 0.2) is 0 Å². The molecule has 0 atom stereocenters. The standard InChI is InChI=1S/C42H69N8O2/c1-34-41(51)39(43-35-17-21-37(22-18-35)46(26-13-25-45(2)3)27-14-30-48(4,5)6)33-40(42(34)52)44-36-19-23-38(24-20-36)47(28-15-31-49(7,8)9)29-16-32-50(10,11)12/h17-24,33H,13-16,25-32H2,1-12H3/q+1/p+3. The zero-order valence-electron chi connectivity index (χ0n) is 34.7. The molecule has 1 aliphatic rings. The number of nitrogens with one attached hydrogen (secondary N) is 2. The largest absolute Gasteiger partial charge is 0.505 e. The van der Waals surface area contributed by atoms with E-state index in [2.05, 4.69) is 117 Å². The van der Waals surface area contributed by atoms with Gasteiger partial charge >= 0.3 is 0 Å². The Morgan fingerprint density at radius 1 is 0.673 bits per heavy atom. The average molecular weight is 721 g/mol. The lowest BCUT2D eigenvalue weighted by Crippen LogP contribution is -3.05. The van der Waals surface area contributed by atoms with Gasteiger partial charge in [-0.2, -0.15) is 0 Å². The van der Waals surface area contributed by atoms with Crippen LogP contribution in [0.1, 0.15) is 32.6 Å². The van der Waals surface area contributed by atoms with E-state index in [0.717, 1.165) is 97.2 Å². The lowest BCUT2D eigenvalue weighted by atomic mass is 9.99. The Kier molecular flexibility index (Phi) is 15.5. The second kappa shape index (κ2) is 18.9. The maximum atomic E-state index is 13.3. The molecule has 0 saturated heterocycles. The van der Waals surface area contributed by atoms with Gasteiger partial charge in [0.1, 0.15) is 11.5 Å². The zero-order chi connectivity index (χ0) is 38.7. The summed E-state index contributed by atoms with van der Waals surface area (Å²) in [5.41, 5.74) is 4.96. The van der Waals surface area contributed by atoms with Gasteiger partial charge < -0.3 is 38.6 Å². The number of ketones is 1. The van der Waals surface area contributed by atoms with Crippen LogP contribution in [0, 0.1) is 0 Å². The maximum Gasteiger partial charge on any atom is 0.210 e. The summed E-state index contributed by atoms with van der Waals surface area (Å²) in [6.45, 7) is 10.1. The van der Waals surface area contributed by atoms with Crippen LogP contribution in [0.25, 0.3) is 0 Å². The molecule has 0 unspecified atom stereocenters. The first-order valence-corrected chi connectivity index (χ1v) is 19.1. The fraction of sp³-hybridized carbons (Fsp3) is 0.571. The summed E-state index contributed by atoms with van der Waals surface area (Å²) in [6.07, 6.45) is 6.13. The monoisotopic (exact) mass is 721 g/mol. The molecule has 3 N–H and O–H groups in total. The summed E-state index contributed by atoms with van der Waals surface area (Å²) < 4.78 is 2.86. The number of aliphatic hydroxyl groups is 1. The molecule has 10 heteroatoms.